The highest BCUT2D eigenvalue weighted by Gasteiger charge is 2.30. The van der Waals surface area contributed by atoms with Gasteiger partial charge in [0.05, 0.1) is 27.6 Å². The Morgan fingerprint density at radius 1 is 1.50 bits per heavy atom. The van der Waals surface area contributed by atoms with E-state index >= 15 is 0 Å². The van der Waals surface area contributed by atoms with Crippen LogP contribution in [0.25, 0.3) is 10.9 Å². The molecule has 1 aliphatic rings. The van der Waals surface area contributed by atoms with Gasteiger partial charge >= 0.3 is 0 Å². The molecular weight excluding hydrogens is 349 g/mol. The third-order valence-corrected chi connectivity index (χ3v) is 5.37. The second-order valence-electron chi connectivity index (χ2n) is 6.36. The number of rotatable bonds is 3. The topological polar surface area (TPSA) is 66.3 Å². The Labute approximate surface area is 150 Å². The van der Waals surface area contributed by atoms with Gasteiger partial charge in [0.25, 0.3) is 0 Å². The van der Waals surface area contributed by atoms with Gasteiger partial charge in [0.1, 0.15) is 0 Å². The minimum Gasteiger partial charge on any atom is -0.392 e. The Bertz CT molecular complexity index is 814. The van der Waals surface area contributed by atoms with Gasteiger partial charge in [-0.3, -0.25) is 4.79 Å². The molecule has 1 aromatic carbocycles. The van der Waals surface area contributed by atoms with Crippen molar-refractivity contribution < 1.29 is 9.90 Å². The zero-order valence-corrected chi connectivity index (χ0v) is 15.4. The predicted octanol–water partition coefficient (Wildman–Crippen LogP) is 3.05. The second-order valence-corrected chi connectivity index (χ2v) is 7.14. The number of carbonyl (C=O) groups is 1. The van der Waals surface area contributed by atoms with Crippen LogP contribution in [0.15, 0.2) is 6.07 Å². The smallest absolute Gasteiger partial charge is 0.227 e. The van der Waals surface area contributed by atoms with Crippen LogP contribution in [-0.2, 0) is 18.3 Å². The monoisotopic (exact) mass is 369 g/mol. The Morgan fingerprint density at radius 2 is 2.21 bits per heavy atom. The molecule has 0 bridgehead atoms. The second kappa shape index (κ2) is 6.47. The number of nitrogens with one attached hydrogen (secondary N) is 2. The minimum atomic E-state index is -0.502. The molecule has 3 rings (SSSR count). The Morgan fingerprint density at radius 3 is 2.88 bits per heavy atom. The number of aromatic nitrogens is 1. The number of benzene rings is 1. The molecule has 5 nitrogen and oxygen atoms in total. The van der Waals surface area contributed by atoms with Crippen molar-refractivity contribution in [2.75, 3.05) is 18.4 Å². The number of anilines is 1. The minimum absolute atomic E-state index is 0.00815. The first kappa shape index (κ1) is 17.4. The van der Waals surface area contributed by atoms with Gasteiger partial charge in [-0.25, -0.2) is 0 Å². The van der Waals surface area contributed by atoms with Crippen molar-refractivity contribution in [1.82, 2.24) is 9.88 Å². The van der Waals surface area contributed by atoms with E-state index in [2.05, 4.69) is 10.6 Å². The number of aryl methyl sites for hydroxylation is 1. The SMILES string of the molecule is C[C@@H]1C(=O)NCCc2c1c1c(NC[C@@H](C)O)cc(Cl)c(Cl)c1n2C. The fraction of sp³-hybridized carbons (Fsp3) is 0.471. The number of amides is 1. The summed E-state index contributed by atoms with van der Waals surface area (Å²) in [5.74, 6) is -0.274. The first-order valence-corrected chi connectivity index (χ1v) is 8.77. The van der Waals surface area contributed by atoms with Gasteiger partial charge < -0.3 is 20.3 Å². The molecule has 1 amide bonds. The van der Waals surface area contributed by atoms with Crippen molar-refractivity contribution in [1.29, 1.82) is 0 Å². The van der Waals surface area contributed by atoms with Gasteiger partial charge in [-0.2, -0.15) is 0 Å². The van der Waals surface area contributed by atoms with Crippen LogP contribution in [0.2, 0.25) is 10.0 Å². The van der Waals surface area contributed by atoms with Crippen molar-refractivity contribution in [3.05, 3.63) is 27.4 Å². The van der Waals surface area contributed by atoms with Crippen LogP contribution in [0.3, 0.4) is 0 Å². The highest BCUT2D eigenvalue weighted by molar-refractivity contribution is 6.45. The van der Waals surface area contributed by atoms with Gasteiger partial charge in [0, 0.05) is 43.3 Å². The quantitative estimate of drug-likeness (QED) is 0.778. The number of carbonyl (C=O) groups excluding carboxylic acids is 1. The van der Waals surface area contributed by atoms with E-state index in [4.69, 9.17) is 23.2 Å². The number of hydrogen-bond donors (Lipinski definition) is 3. The molecule has 0 saturated carbocycles. The highest BCUT2D eigenvalue weighted by atomic mass is 35.5. The van der Waals surface area contributed by atoms with E-state index in [0.29, 0.717) is 23.1 Å². The molecule has 3 N–H and O–H groups in total. The molecule has 0 radical (unpaired) electrons. The van der Waals surface area contributed by atoms with Crippen LogP contribution < -0.4 is 10.6 Å². The Hall–Kier alpha value is -1.43. The third kappa shape index (κ3) is 2.75. The molecule has 2 heterocycles. The molecular formula is C17H21Cl2N3O2. The molecule has 2 aromatic rings. The van der Waals surface area contributed by atoms with Crippen molar-refractivity contribution in [3.63, 3.8) is 0 Å². The van der Waals surface area contributed by atoms with Crippen molar-refractivity contribution in [3.8, 4) is 0 Å². The molecule has 0 unspecified atom stereocenters. The standard InChI is InChI=1S/C17H21Cl2N3O2/c1-8(23)7-21-11-6-10(18)15(19)16-14(11)13-9(2)17(24)20-5-4-12(13)22(16)3/h6,8-9,21,23H,4-5,7H2,1-3H3,(H,20,24)/t8-,9+/m1/s1. The van der Waals surface area contributed by atoms with Crippen LogP contribution >= 0.6 is 23.2 Å². The van der Waals surface area contributed by atoms with E-state index in [1.54, 1.807) is 13.0 Å². The maximum atomic E-state index is 12.3. The lowest BCUT2D eigenvalue weighted by Gasteiger charge is -2.15. The van der Waals surface area contributed by atoms with Gasteiger partial charge in [-0.05, 0) is 25.5 Å². The van der Waals surface area contributed by atoms with Crippen LogP contribution in [0, 0.1) is 0 Å². The lowest BCUT2D eigenvalue weighted by molar-refractivity contribution is -0.121. The molecule has 0 aliphatic carbocycles. The normalized spacial score (nSPS) is 18.9. The molecule has 7 heteroatoms. The zero-order valence-electron chi connectivity index (χ0n) is 13.9. The van der Waals surface area contributed by atoms with Crippen molar-refractivity contribution in [2.45, 2.75) is 32.3 Å². The summed E-state index contributed by atoms with van der Waals surface area (Å²) in [6.07, 6.45) is 0.234. The largest absolute Gasteiger partial charge is 0.392 e. The Kier molecular flexibility index (Phi) is 4.69. The lowest BCUT2D eigenvalue weighted by atomic mass is 9.96. The fourth-order valence-corrected chi connectivity index (χ4v) is 3.89. The predicted molar refractivity (Wildman–Crippen MR) is 98.2 cm³/mol. The number of hydrogen-bond acceptors (Lipinski definition) is 3. The number of fused-ring (bicyclic) bond motifs is 3. The molecule has 130 valence electrons. The summed E-state index contributed by atoms with van der Waals surface area (Å²) >= 11 is 12.8. The highest BCUT2D eigenvalue weighted by Crippen LogP contribution is 2.43. The van der Waals surface area contributed by atoms with Crippen LogP contribution in [0.4, 0.5) is 5.69 Å². The van der Waals surface area contributed by atoms with Crippen LogP contribution in [0.5, 0.6) is 0 Å². The van der Waals surface area contributed by atoms with Gasteiger partial charge in [-0.15, -0.1) is 0 Å². The van der Waals surface area contributed by atoms with Crippen molar-refractivity contribution >= 4 is 45.7 Å². The summed E-state index contributed by atoms with van der Waals surface area (Å²) < 4.78 is 2.03. The number of aliphatic hydroxyl groups is 1. The van der Waals surface area contributed by atoms with Crippen molar-refractivity contribution in [2.24, 2.45) is 7.05 Å². The molecule has 0 spiro atoms. The summed E-state index contributed by atoms with van der Waals surface area (Å²) in [6, 6.07) is 1.77. The summed E-state index contributed by atoms with van der Waals surface area (Å²) in [6.45, 7) is 4.60. The average Bonchev–Trinajstić information content (AvgIpc) is 2.73. The third-order valence-electron chi connectivity index (χ3n) is 4.59. The average molecular weight is 370 g/mol. The zero-order chi connectivity index (χ0) is 17.6. The lowest BCUT2D eigenvalue weighted by Crippen LogP contribution is -2.27. The van der Waals surface area contributed by atoms with Gasteiger partial charge in [0.15, 0.2) is 0 Å². The molecule has 2 atom stereocenters. The summed E-state index contributed by atoms with van der Waals surface area (Å²) in [7, 11) is 1.95. The first-order valence-electron chi connectivity index (χ1n) is 8.01. The molecule has 0 fully saturated rings. The number of halogens is 2. The van der Waals surface area contributed by atoms with E-state index < -0.39 is 6.10 Å². The molecule has 1 aliphatic heterocycles. The van der Waals surface area contributed by atoms with E-state index in [1.165, 1.54) is 0 Å². The fourth-order valence-electron chi connectivity index (χ4n) is 3.41. The van der Waals surface area contributed by atoms with E-state index in [9.17, 15) is 9.90 Å². The van der Waals surface area contributed by atoms with Crippen LogP contribution in [-0.4, -0.2) is 34.8 Å². The Balaban J connectivity index is 2.33. The van der Waals surface area contributed by atoms with E-state index in [1.807, 2.05) is 18.5 Å². The summed E-state index contributed by atoms with van der Waals surface area (Å²) in [5.41, 5.74) is 3.68. The van der Waals surface area contributed by atoms with Gasteiger partial charge in [0.2, 0.25) is 5.91 Å². The molecule has 24 heavy (non-hydrogen) atoms. The summed E-state index contributed by atoms with van der Waals surface area (Å²) in [5, 5.41) is 17.6. The molecule has 1 aromatic heterocycles. The number of aliphatic hydroxyl groups excluding tert-OH is 1. The van der Waals surface area contributed by atoms with Crippen LogP contribution in [0.1, 0.15) is 31.0 Å². The van der Waals surface area contributed by atoms with E-state index in [0.717, 1.165) is 34.3 Å². The number of nitrogens with zero attached hydrogens (tertiary/aromatic N) is 1. The maximum Gasteiger partial charge on any atom is 0.227 e. The van der Waals surface area contributed by atoms with E-state index in [-0.39, 0.29) is 11.8 Å². The molecule has 0 saturated heterocycles. The maximum absolute atomic E-state index is 12.3. The summed E-state index contributed by atoms with van der Waals surface area (Å²) in [4.78, 5) is 12.3. The first-order chi connectivity index (χ1) is 11.3. The van der Waals surface area contributed by atoms with Gasteiger partial charge in [-0.1, -0.05) is 23.2 Å².